The first kappa shape index (κ1) is 31.7. The van der Waals surface area contributed by atoms with Gasteiger partial charge in [0.2, 0.25) is 5.91 Å². The Morgan fingerprint density at radius 3 is 1.59 bits per heavy atom. The molecular weight excluding hydrogens is 472 g/mol. The zero-order valence-corrected chi connectivity index (χ0v) is 22.3. The van der Waals surface area contributed by atoms with E-state index in [0.29, 0.717) is 5.56 Å². The molecule has 2 aliphatic rings. The van der Waals surface area contributed by atoms with Crippen molar-refractivity contribution >= 4 is 28.6 Å². The van der Waals surface area contributed by atoms with Crippen LogP contribution in [0.5, 0.6) is 0 Å². The van der Waals surface area contributed by atoms with E-state index in [9.17, 15) is 24.6 Å². The maximum atomic E-state index is 11.5. The Bertz CT molecular complexity index is 1020. The van der Waals surface area contributed by atoms with Crippen LogP contribution in [-0.2, 0) is 0 Å². The molecule has 2 aromatic rings. The first-order valence-electron chi connectivity index (χ1n) is 13.2. The van der Waals surface area contributed by atoms with Gasteiger partial charge in [-0.3, -0.25) is 4.79 Å². The third kappa shape index (κ3) is 9.59. The second kappa shape index (κ2) is 16.5. The number of carboxylic acids is 2. The highest BCUT2D eigenvalue weighted by Crippen LogP contribution is 2.30. The molecule has 0 aromatic heterocycles. The van der Waals surface area contributed by atoms with Crippen molar-refractivity contribution in [2.24, 2.45) is 17.6 Å². The Labute approximate surface area is 219 Å². The van der Waals surface area contributed by atoms with Crippen LogP contribution in [0, 0.1) is 29.3 Å². The molecule has 0 spiro atoms. The number of hydrogen-bond acceptors (Lipinski definition) is 5. The van der Waals surface area contributed by atoms with Crippen LogP contribution in [0.2, 0.25) is 0 Å². The van der Waals surface area contributed by atoms with Crippen LogP contribution in [0.15, 0.2) is 24.3 Å². The highest BCUT2D eigenvalue weighted by molar-refractivity contribution is 6.18. The molecule has 8 nitrogen and oxygen atoms in total. The summed E-state index contributed by atoms with van der Waals surface area (Å²) in [5, 5.41) is 18.7. The molecule has 4 rings (SSSR count). The van der Waals surface area contributed by atoms with Gasteiger partial charge in [0.25, 0.3) is 0 Å². The predicted octanol–water partition coefficient (Wildman–Crippen LogP) is 7.54. The van der Waals surface area contributed by atoms with E-state index in [4.69, 9.17) is 10.6 Å². The van der Waals surface area contributed by atoms with E-state index in [1.54, 1.807) is 6.92 Å². The van der Waals surface area contributed by atoms with Gasteiger partial charge in [0.05, 0.1) is 11.1 Å². The standard InChI is InChI=1S/C14H11NO5.C8H16.C7H14.HNO/c1-6-2-3-9(14(19)20)11-7(12(15)16)4-5-8(10(6)11)13(17)18;1-2-8-6-4-3-5-7-8;1-7-5-3-2-4-6-7;1-2/h2-5H,1H3,(H2,15,16)(H,17,18)(H,19,20);8H,2-7H2,1H3;7H,2-6H2,1H3;1H. The lowest BCUT2D eigenvalue weighted by Crippen LogP contribution is -2.14. The minimum atomic E-state index is -1.25. The second-order valence-electron chi connectivity index (χ2n) is 9.97. The summed E-state index contributed by atoms with van der Waals surface area (Å²) < 4.78 is 0. The number of benzene rings is 2. The lowest BCUT2D eigenvalue weighted by atomic mass is 9.88. The van der Waals surface area contributed by atoms with E-state index in [1.165, 1.54) is 94.9 Å². The van der Waals surface area contributed by atoms with Crippen molar-refractivity contribution in [1.82, 2.24) is 0 Å². The molecule has 0 radical (unpaired) electrons. The Hall–Kier alpha value is -3.29. The number of carbonyl (C=O) groups is 3. The van der Waals surface area contributed by atoms with Crippen molar-refractivity contribution in [3.05, 3.63) is 51.4 Å². The third-order valence-corrected chi connectivity index (χ3v) is 7.29. The lowest BCUT2D eigenvalue weighted by Gasteiger charge is -2.18. The van der Waals surface area contributed by atoms with Gasteiger partial charge in [0.1, 0.15) is 0 Å². The molecule has 37 heavy (non-hydrogen) atoms. The number of primary amides is 1. The number of nitrogens with one attached hydrogen (secondary N) is 1. The van der Waals surface area contributed by atoms with Gasteiger partial charge in [-0.25, -0.2) is 9.59 Å². The Morgan fingerprint density at radius 2 is 1.22 bits per heavy atom. The summed E-state index contributed by atoms with van der Waals surface area (Å²) in [6.45, 7) is 6.32. The predicted molar refractivity (Wildman–Crippen MR) is 146 cm³/mol. The summed E-state index contributed by atoms with van der Waals surface area (Å²) in [6.07, 6.45) is 16.4. The molecule has 5 N–H and O–H groups in total. The molecule has 2 saturated carbocycles. The van der Waals surface area contributed by atoms with Crippen LogP contribution < -0.4 is 5.73 Å². The second-order valence-corrected chi connectivity index (χ2v) is 9.97. The third-order valence-electron chi connectivity index (χ3n) is 7.29. The van der Waals surface area contributed by atoms with Crippen LogP contribution in [-0.4, -0.2) is 28.1 Å². The maximum absolute atomic E-state index is 11.5. The molecule has 204 valence electrons. The van der Waals surface area contributed by atoms with Crippen molar-refractivity contribution in [3.8, 4) is 0 Å². The van der Waals surface area contributed by atoms with E-state index < -0.39 is 17.8 Å². The van der Waals surface area contributed by atoms with Gasteiger partial charge in [0.15, 0.2) is 0 Å². The van der Waals surface area contributed by atoms with E-state index in [2.05, 4.69) is 19.4 Å². The number of hydrogen-bond donors (Lipinski definition) is 4. The number of rotatable bonds is 4. The number of nitroso groups, excluding NO2 is 1. The maximum Gasteiger partial charge on any atom is 0.336 e. The fourth-order valence-electron chi connectivity index (χ4n) is 5.13. The SMILES string of the molecule is CC1CCCCC1.CCC1CCCCC1.Cc1ccc(C(=O)O)c2c(C(N)=O)ccc(C(=O)O)c12.N=O. The van der Waals surface area contributed by atoms with Crippen LogP contribution in [0.1, 0.15) is 121 Å². The Morgan fingerprint density at radius 1 is 0.784 bits per heavy atom. The molecule has 1 amide bonds. The fraction of sp³-hybridized carbons (Fsp3) is 0.552. The number of aryl methyl sites for hydroxylation is 1. The molecule has 0 unspecified atom stereocenters. The molecule has 0 saturated heterocycles. The topological polar surface area (TPSA) is 159 Å². The summed E-state index contributed by atoms with van der Waals surface area (Å²) in [5.74, 6) is -1.13. The number of carboxylic acid groups (broad SMARTS) is 2. The van der Waals surface area contributed by atoms with Gasteiger partial charge in [-0.1, -0.05) is 96.1 Å². The van der Waals surface area contributed by atoms with Gasteiger partial charge in [-0.05, 0) is 42.5 Å². The van der Waals surface area contributed by atoms with Crippen LogP contribution in [0.3, 0.4) is 0 Å². The molecule has 0 bridgehead atoms. The van der Waals surface area contributed by atoms with Crippen LogP contribution >= 0.6 is 0 Å². The highest BCUT2D eigenvalue weighted by Gasteiger charge is 2.21. The van der Waals surface area contributed by atoms with E-state index >= 15 is 0 Å². The molecule has 0 atom stereocenters. The quantitative estimate of drug-likeness (QED) is 0.308. The monoisotopic (exact) mass is 514 g/mol. The number of amides is 1. The number of fused-ring (bicyclic) bond motifs is 1. The van der Waals surface area contributed by atoms with Gasteiger partial charge in [-0.15, -0.1) is 0 Å². The summed E-state index contributed by atoms with van der Waals surface area (Å²) in [6, 6.07) is 5.32. The minimum absolute atomic E-state index is 0.00824. The van der Waals surface area contributed by atoms with Crippen molar-refractivity contribution in [3.63, 3.8) is 0 Å². The summed E-state index contributed by atoms with van der Waals surface area (Å²) in [5.41, 5.74) is 10.1. The first-order valence-corrected chi connectivity index (χ1v) is 13.2. The summed E-state index contributed by atoms with van der Waals surface area (Å²) >= 11 is 0. The minimum Gasteiger partial charge on any atom is -0.478 e. The molecule has 8 heteroatoms. The highest BCUT2D eigenvalue weighted by atomic mass is 16.4. The fourth-order valence-corrected chi connectivity index (χ4v) is 5.13. The van der Waals surface area contributed by atoms with Gasteiger partial charge in [-0.2, -0.15) is 4.91 Å². The molecule has 2 aliphatic carbocycles. The number of nitrogens with two attached hydrogens (primary N) is 1. The lowest BCUT2D eigenvalue weighted by molar-refractivity contribution is 0.0686. The average molecular weight is 515 g/mol. The zero-order chi connectivity index (χ0) is 28.0. The zero-order valence-electron chi connectivity index (χ0n) is 22.3. The van der Waals surface area contributed by atoms with Gasteiger partial charge in [0, 0.05) is 16.3 Å². The summed E-state index contributed by atoms with van der Waals surface area (Å²) in [7, 11) is 0. The Kier molecular flexibility index (Phi) is 14.1. The Balaban J connectivity index is 0.000000328. The molecule has 0 aliphatic heterocycles. The molecular formula is C29H42N2O6. The van der Waals surface area contributed by atoms with Crippen LogP contribution in [0.25, 0.3) is 10.8 Å². The number of carbonyl (C=O) groups excluding carboxylic acids is 1. The van der Waals surface area contributed by atoms with Gasteiger partial charge < -0.3 is 15.9 Å². The van der Waals surface area contributed by atoms with E-state index in [1.807, 2.05) is 0 Å². The molecule has 2 aromatic carbocycles. The van der Waals surface area contributed by atoms with Crippen molar-refractivity contribution < 1.29 is 24.6 Å². The number of aromatic carboxylic acids is 2. The van der Waals surface area contributed by atoms with Crippen molar-refractivity contribution in [2.45, 2.75) is 91.4 Å². The van der Waals surface area contributed by atoms with Gasteiger partial charge >= 0.3 is 11.9 Å². The van der Waals surface area contributed by atoms with E-state index in [0.717, 1.165) is 11.8 Å². The normalized spacial score (nSPS) is 15.6. The first-order chi connectivity index (χ1) is 17.7. The average Bonchev–Trinajstić information content (AvgIpc) is 2.90. The van der Waals surface area contributed by atoms with Crippen molar-refractivity contribution in [1.29, 1.82) is 5.59 Å². The van der Waals surface area contributed by atoms with Crippen molar-refractivity contribution in [2.75, 3.05) is 0 Å². The van der Waals surface area contributed by atoms with E-state index in [-0.39, 0.29) is 27.5 Å². The molecule has 0 heterocycles. The van der Waals surface area contributed by atoms with Crippen LogP contribution in [0.4, 0.5) is 0 Å². The summed E-state index contributed by atoms with van der Waals surface area (Å²) in [4.78, 5) is 41.5. The largest absolute Gasteiger partial charge is 0.478 e. The molecule has 2 fully saturated rings. The smallest absolute Gasteiger partial charge is 0.336 e.